The number of anilines is 1. The lowest BCUT2D eigenvalue weighted by Gasteiger charge is -2.19. The zero-order chi connectivity index (χ0) is 18.5. The number of rotatable bonds is 7. The average Bonchev–Trinajstić information content (AvgIpc) is 3.05. The Bertz CT molecular complexity index is 911. The molecule has 3 rings (SSSR count). The van der Waals surface area contributed by atoms with Crippen LogP contribution in [-0.2, 0) is 22.5 Å². The molecule has 0 aliphatic rings. The smallest absolute Gasteiger partial charge is 0.328 e. The summed E-state index contributed by atoms with van der Waals surface area (Å²) in [5, 5.41) is 4.26. The second-order valence-corrected chi connectivity index (χ2v) is 6.07. The standard InChI is InChI=1S/C18H20ClN5O2/c1-2-26-17(25)15(23-16-12(8-20)10-22-18(19)24-16)7-11-9-21-14-6-4-3-5-13(11)14/h3-6,9-10,15,21H,2,7-8,20H2,1H3,(H,22,23,24). The number of halogens is 1. The number of aromatic nitrogens is 3. The lowest BCUT2D eigenvalue weighted by molar-refractivity contribution is -0.144. The van der Waals surface area contributed by atoms with E-state index in [0.29, 0.717) is 24.4 Å². The normalized spacial score (nSPS) is 12.1. The summed E-state index contributed by atoms with van der Waals surface area (Å²) in [7, 11) is 0. The molecule has 1 aromatic carbocycles. The van der Waals surface area contributed by atoms with Gasteiger partial charge in [0.2, 0.25) is 5.28 Å². The molecule has 1 unspecified atom stereocenters. The lowest BCUT2D eigenvalue weighted by Crippen LogP contribution is -2.34. The molecule has 4 N–H and O–H groups in total. The van der Waals surface area contributed by atoms with E-state index in [1.54, 1.807) is 13.1 Å². The summed E-state index contributed by atoms with van der Waals surface area (Å²) >= 11 is 5.89. The zero-order valence-corrected chi connectivity index (χ0v) is 15.1. The number of benzene rings is 1. The summed E-state index contributed by atoms with van der Waals surface area (Å²) in [5.41, 5.74) is 8.42. The Morgan fingerprint density at radius 3 is 2.96 bits per heavy atom. The van der Waals surface area contributed by atoms with E-state index in [0.717, 1.165) is 16.5 Å². The van der Waals surface area contributed by atoms with E-state index in [1.165, 1.54) is 0 Å². The minimum atomic E-state index is -0.634. The molecule has 0 bridgehead atoms. The van der Waals surface area contributed by atoms with Crippen LogP contribution < -0.4 is 11.1 Å². The predicted octanol–water partition coefficient (Wildman–Crippen LogP) is 2.66. The van der Waals surface area contributed by atoms with Crippen LogP contribution in [0.15, 0.2) is 36.7 Å². The fourth-order valence-electron chi connectivity index (χ4n) is 2.78. The van der Waals surface area contributed by atoms with Gasteiger partial charge in [-0.3, -0.25) is 0 Å². The molecule has 0 spiro atoms. The van der Waals surface area contributed by atoms with Crippen molar-refractivity contribution in [2.75, 3.05) is 11.9 Å². The molecule has 1 atom stereocenters. The molecule has 3 aromatic rings. The highest BCUT2D eigenvalue weighted by Crippen LogP contribution is 2.22. The number of nitrogens with one attached hydrogen (secondary N) is 2. The maximum Gasteiger partial charge on any atom is 0.328 e. The first-order valence-electron chi connectivity index (χ1n) is 8.32. The molecule has 7 nitrogen and oxygen atoms in total. The van der Waals surface area contributed by atoms with E-state index in [1.807, 2.05) is 30.5 Å². The highest BCUT2D eigenvalue weighted by atomic mass is 35.5. The van der Waals surface area contributed by atoms with E-state index in [2.05, 4.69) is 20.3 Å². The quantitative estimate of drug-likeness (QED) is 0.434. The Morgan fingerprint density at radius 1 is 1.38 bits per heavy atom. The molecule has 0 saturated heterocycles. The molecule has 26 heavy (non-hydrogen) atoms. The largest absolute Gasteiger partial charge is 0.464 e. The van der Waals surface area contributed by atoms with Gasteiger partial charge in [0.15, 0.2) is 0 Å². The average molecular weight is 374 g/mol. The van der Waals surface area contributed by atoms with Crippen LogP contribution in [0.4, 0.5) is 5.82 Å². The van der Waals surface area contributed by atoms with E-state index in [-0.39, 0.29) is 17.8 Å². The number of hydrogen-bond acceptors (Lipinski definition) is 6. The SMILES string of the molecule is CCOC(=O)C(Cc1c[nH]c2ccccc12)Nc1nc(Cl)ncc1CN. The number of aromatic amines is 1. The van der Waals surface area contributed by atoms with Gasteiger partial charge >= 0.3 is 5.97 Å². The van der Waals surface area contributed by atoms with Crippen molar-refractivity contribution < 1.29 is 9.53 Å². The van der Waals surface area contributed by atoms with Crippen LogP contribution in [0, 0.1) is 0 Å². The van der Waals surface area contributed by atoms with Crippen molar-refractivity contribution in [3.8, 4) is 0 Å². The number of carbonyl (C=O) groups is 1. The van der Waals surface area contributed by atoms with Crippen molar-refractivity contribution in [2.24, 2.45) is 5.73 Å². The number of esters is 1. The molecule has 0 aliphatic carbocycles. The molecule has 0 radical (unpaired) electrons. The van der Waals surface area contributed by atoms with Gasteiger partial charge in [0.1, 0.15) is 11.9 Å². The summed E-state index contributed by atoms with van der Waals surface area (Å²) < 4.78 is 5.22. The Kier molecular flexibility index (Phi) is 5.70. The third kappa shape index (κ3) is 3.95. The Morgan fingerprint density at radius 2 is 2.19 bits per heavy atom. The van der Waals surface area contributed by atoms with Gasteiger partial charge in [-0.05, 0) is 30.2 Å². The summed E-state index contributed by atoms with van der Waals surface area (Å²) in [4.78, 5) is 23.8. The van der Waals surface area contributed by atoms with Crippen LogP contribution in [0.2, 0.25) is 5.28 Å². The molecule has 0 fully saturated rings. The van der Waals surface area contributed by atoms with Gasteiger partial charge in [-0.2, -0.15) is 0 Å². The zero-order valence-electron chi connectivity index (χ0n) is 14.3. The number of H-pyrrole nitrogens is 1. The maximum absolute atomic E-state index is 12.5. The summed E-state index contributed by atoms with van der Waals surface area (Å²) in [6.07, 6.45) is 3.87. The molecule has 8 heteroatoms. The number of para-hydroxylation sites is 1. The Hall–Kier alpha value is -2.64. The van der Waals surface area contributed by atoms with Crippen molar-refractivity contribution in [1.82, 2.24) is 15.0 Å². The highest BCUT2D eigenvalue weighted by molar-refractivity contribution is 6.28. The van der Waals surface area contributed by atoms with Crippen molar-refractivity contribution in [2.45, 2.75) is 25.9 Å². The van der Waals surface area contributed by atoms with Crippen LogP contribution in [-0.4, -0.2) is 33.6 Å². The maximum atomic E-state index is 12.5. The van der Waals surface area contributed by atoms with Crippen LogP contribution >= 0.6 is 11.6 Å². The topological polar surface area (TPSA) is 106 Å². The number of nitrogens with two attached hydrogens (primary N) is 1. The van der Waals surface area contributed by atoms with Crippen LogP contribution in [0.25, 0.3) is 10.9 Å². The van der Waals surface area contributed by atoms with Gasteiger partial charge in [0, 0.05) is 41.8 Å². The molecule has 2 heterocycles. The lowest BCUT2D eigenvalue weighted by atomic mass is 10.0. The first-order valence-corrected chi connectivity index (χ1v) is 8.69. The van der Waals surface area contributed by atoms with Crippen molar-refractivity contribution >= 4 is 34.3 Å². The van der Waals surface area contributed by atoms with Crippen molar-refractivity contribution in [3.63, 3.8) is 0 Å². The number of fused-ring (bicyclic) bond motifs is 1. The van der Waals surface area contributed by atoms with E-state index in [4.69, 9.17) is 22.1 Å². The minimum Gasteiger partial charge on any atom is -0.464 e. The molecule has 0 amide bonds. The van der Waals surface area contributed by atoms with E-state index >= 15 is 0 Å². The number of carbonyl (C=O) groups excluding carboxylic acids is 1. The van der Waals surface area contributed by atoms with E-state index < -0.39 is 6.04 Å². The minimum absolute atomic E-state index is 0.0828. The van der Waals surface area contributed by atoms with Gasteiger partial charge in [-0.15, -0.1) is 0 Å². The Balaban J connectivity index is 1.91. The highest BCUT2D eigenvalue weighted by Gasteiger charge is 2.23. The summed E-state index contributed by atoms with van der Waals surface area (Å²) in [6.45, 7) is 2.29. The number of hydrogen-bond donors (Lipinski definition) is 3. The van der Waals surface area contributed by atoms with Gasteiger partial charge in [0.05, 0.1) is 6.61 Å². The van der Waals surface area contributed by atoms with Gasteiger partial charge in [-0.1, -0.05) is 18.2 Å². The van der Waals surface area contributed by atoms with E-state index in [9.17, 15) is 4.79 Å². The molecule has 136 valence electrons. The van der Waals surface area contributed by atoms with Crippen molar-refractivity contribution in [3.05, 3.63) is 53.1 Å². The molecular formula is C18H20ClN5O2. The summed E-state index contributed by atoms with van der Waals surface area (Å²) in [6, 6.07) is 7.28. The van der Waals surface area contributed by atoms with Crippen LogP contribution in [0.1, 0.15) is 18.1 Å². The third-order valence-corrected chi connectivity index (χ3v) is 4.22. The third-order valence-electron chi connectivity index (χ3n) is 4.04. The Labute approximate surface area is 155 Å². The molecule has 0 saturated carbocycles. The van der Waals surface area contributed by atoms with Gasteiger partial charge < -0.3 is 20.8 Å². The molecule has 2 aromatic heterocycles. The predicted molar refractivity (Wildman–Crippen MR) is 101 cm³/mol. The van der Waals surface area contributed by atoms with Crippen LogP contribution in [0.5, 0.6) is 0 Å². The fraction of sp³-hybridized carbons (Fsp3) is 0.278. The van der Waals surface area contributed by atoms with Gasteiger partial charge in [0.25, 0.3) is 0 Å². The summed E-state index contributed by atoms with van der Waals surface area (Å²) in [5.74, 6) is 0.0703. The first-order chi connectivity index (χ1) is 12.6. The molecule has 0 aliphatic heterocycles. The van der Waals surface area contributed by atoms with Crippen LogP contribution in [0.3, 0.4) is 0 Å². The van der Waals surface area contributed by atoms with Gasteiger partial charge in [-0.25, -0.2) is 14.8 Å². The first kappa shape index (κ1) is 18.2. The number of ether oxygens (including phenoxy) is 1. The molecular weight excluding hydrogens is 354 g/mol. The second kappa shape index (κ2) is 8.16. The fourth-order valence-corrected chi connectivity index (χ4v) is 2.91. The number of nitrogens with zero attached hydrogens (tertiary/aromatic N) is 2. The monoisotopic (exact) mass is 373 g/mol. The second-order valence-electron chi connectivity index (χ2n) is 5.73. The van der Waals surface area contributed by atoms with Crippen molar-refractivity contribution in [1.29, 1.82) is 0 Å².